The molecular weight excluding hydrogens is 474 g/mol. The summed E-state index contributed by atoms with van der Waals surface area (Å²) in [7, 11) is 1.63. The maximum Gasteiger partial charge on any atom is 0.226 e. The van der Waals surface area contributed by atoms with E-state index in [4.69, 9.17) is 14.9 Å². The van der Waals surface area contributed by atoms with Crippen molar-refractivity contribution in [1.82, 2.24) is 4.90 Å². The second-order valence-corrected chi connectivity index (χ2v) is 10.2. The van der Waals surface area contributed by atoms with Crippen LogP contribution < -0.4 is 14.8 Å². The zero-order chi connectivity index (χ0) is 26.9. The summed E-state index contributed by atoms with van der Waals surface area (Å²) in [5, 5.41) is 10.5. The third-order valence-corrected chi connectivity index (χ3v) is 7.24. The molecule has 38 heavy (non-hydrogen) atoms. The van der Waals surface area contributed by atoms with Crippen molar-refractivity contribution >= 4 is 17.8 Å². The Bertz CT molecular complexity index is 1200. The highest BCUT2D eigenvalue weighted by molar-refractivity contribution is 5.92. The van der Waals surface area contributed by atoms with Crippen LogP contribution in [0.5, 0.6) is 11.5 Å². The van der Waals surface area contributed by atoms with Gasteiger partial charge in [-0.05, 0) is 78.9 Å². The third kappa shape index (κ3) is 7.23. The Morgan fingerprint density at radius 3 is 2.47 bits per heavy atom. The summed E-state index contributed by atoms with van der Waals surface area (Å²) in [6, 6.07) is 24.3. The second-order valence-electron chi connectivity index (χ2n) is 10.2. The first-order valence-corrected chi connectivity index (χ1v) is 13.5. The molecule has 200 valence electrons. The van der Waals surface area contributed by atoms with Crippen molar-refractivity contribution < 1.29 is 14.3 Å². The minimum Gasteiger partial charge on any atom is -0.493 e. The molecule has 0 radical (unpaired) electrons. The number of likely N-dealkylation sites (tertiary alicyclic amines) is 1. The first-order valence-electron chi connectivity index (χ1n) is 13.5. The standard InChI is InChI=1S/C32H39N3O3/c1-23(2)32(36)34-28-11-7-10-27(21-28)25-14-17-35(18-15-25)19-16-29(26-8-5-4-6-9-26)38-30-13-12-24(22-33)20-31(30)37-3/h4-13,20-23,25,29,33H,14-19H2,1-3H3,(H,34,36)/t29-/m0/s1. The molecule has 4 rings (SSSR count). The zero-order valence-corrected chi connectivity index (χ0v) is 22.7. The average molecular weight is 514 g/mol. The first kappa shape index (κ1) is 27.4. The number of hydrogen-bond acceptors (Lipinski definition) is 5. The molecule has 0 bridgehead atoms. The number of anilines is 1. The van der Waals surface area contributed by atoms with Gasteiger partial charge in [-0.1, -0.05) is 56.3 Å². The summed E-state index contributed by atoms with van der Waals surface area (Å²) in [6.45, 7) is 6.83. The lowest BCUT2D eigenvalue weighted by atomic mass is 9.89. The predicted molar refractivity (Wildman–Crippen MR) is 154 cm³/mol. The summed E-state index contributed by atoms with van der Waals surface area (Å²) >= 11 is 0. The Hall–Kier alpha value is -3.64. The van der Waals surface area contributed by atoms with Gasteiger partial charge in [-0.2, -0.15) is 0 Å². The van der Waals surface area contributed by atoms with E-state index in [2.05, 4.69) is 34.5 Å². The van der Waals surface area contributed by atoms with Crippen LogP contribution in [0.2, 0.25) is 0 Å². The van der Waals surface area contributed by atoms with Crippen LogP contribution in [0.4, 0.5) is 5.69 Å². The quantitative estimate of drug-likeness (QED) is 0.281. The smallest absolute Gasteiger partial charge is 0.226 e. The number of hydrogen-bond donors (Lipinski definition) is 2. The maximum atomic E-state index is 12.1. The number of carbonyl (C=O) groups excluding carboxylic acids is 1. The van der Waals surface area contributed by atoms with E-state index in [1.165, 1.54) is 11.8 Å². The topological polar surface area (TPSA) is 74.7 Å². The van der Waals surface area contributed by atoms with Gasteiger partial charge in [0.1, 0.15) is 6.10 Å². The molecule has 0 aromatic heterocycles. The Kier molecular flexibility index (Phi) is 9.55. The van der Waals surface area contributed by atoms with Crippen molar-refractivity contribution in [1.29, 1.82) is 5.41 Å². The van der Waals surface area contributed by atoms with Crippen molar-refractivity contribution in [3.63, 3.8) is 0 Å². The summed E-state index contributed by atoms with van der Waals surface area (Å²) in [6.07, 6.45) is 4.26. The van der Waals surface area contributed by atoms with Crippen molar-refractivity contribution in [3.8, 4) is 11.5 Å². The highest BCUT2D eigenvalue weighted by Crippen LogP contribution is 2.34. The lowest BCUT2D eigenvalue weighted by Gasteiger charge is -2.33. The molecular formula is C32H39N3O3. The molecule has 6 nitrogen and oxygen atoms in total. The van der Waals surface area contributed by atoms with Gasteiger partial charge in [0.05, 0.1) is 7.11 Å². The van der Waals surface area contributed by atoms with Crippen LogP contribution in [0.15, 0.2) is 72.8 Å². The minimum absolute atomic E-state index is 0.0345. The molecule has 0 aliphatic carbocycles. The Morgan fingerprint density at radius 1 is 1.03 bits per heavy atom. The number of benzene rings is 3. The normalized spacial score (nSPS) is 15.2. The maximum absolute atomic E-state index is 12.1. The molecule has 0 saturated carbocycles. The number of nitrogens with one attached hydrogen (secondary N) is 2. The third-order valence-electron chi connectivity index (χ3n) is 7.24. The van der Waals surface area contributed by atoms with Gasteiger partial charge in [0.15, 0.2) is 11.5 Å². The van der Waals surface area contributed by atoms with Gasteiger partial charge in [-0.15, -0.1) is 0 Å². The number of ether oxygens (including phenoxy) is 2. The zero-order valence-electron chi connectivity index (χ0n) is 22.7. The molecule has 3 aromatic rings. The van der Waals surface area contributed by atoms with Crippen molar-refractivity contribution in [2.45, 2.75) is 45.1 Å². The molecule has 1 amide bonds. The van der Waals surface area contributed by atoms with Crippen LogP contribution in [0.3, 0.4) is 0 Å². The van der Waals surface area contributed by atoms with Crippen LogP contribution in [-0.4, -0.2) is 43.8 Å². The van der Waals surface area contributed by atoms with Crippen LogP contribution in [0, 0.1) is 11.3 Å². The van der Waals surface area contributed by atoms with Crippen molar-refractivity contribution in [3.05, 3.63) is 89.5 Å². The Labute approximate surface area is 226 Å². The number of nitrogens with zero attached hydrogens (tertiary/aromatic N) is 1. The Balaban J connectivity index is 1.37. The van der Waals surface area contributed by atoms with Crippen molar-refractivity contribution in [2.75, 3.05) is 32.1 Å². The summed E-state index contributed by atoms with van der Waals surface area (Å²) < 4.78 is 12.1. The first-order chi connectivity index (χ1) is 18.5. The molecule has 3 aromatic carbocycles. The average Bonchev–Trinajstić information content (AvgIpc) is 2.96. The summed E-state index contributed by atoms with van der Waals surface area (Å²) in [5.74, 6) is 1.85. The van der Waals surface area contributed by atoms with Crippen LogP contribution in [0.1, 0.15) is 61.8 Å². The minimum atomic E-state index is -0.102. The number of piperidine rings is 1. The Morgan fingerprint density at radius 2 is 1.79 bits per heavy atom. The molecule has 1 aliphatic rings. The van der Waals surface area contributed by atoms with E-state index in [0.29, 0.717) is 17.4 Å². The van der Waals surface area contributed by atoms with E-state index >= 15 is 0 Å². The number of carbonyl (C=O) groups is 1. The molecule has 1 aliphatic heterocycles. The fourth-order valence-corrected chi connectivity index (χ4v) is 4.93. The largest absolute Gasteiger partial charge is 0.493 e. The molecule has 1 fully saturated rings. The van der Waals surface area contributed by atoms with E-state index in [-0.39, 0.29) is 17.9 Å². The van der Waals surface area contributed by atoms with Crippen LogP contribution in [0.25, 0.3) is 0 Å². The van der Waals surface area contributed by atoms with E-state index in [1.807, 2.05) is 62.4 Å². The van der Waals surface area contributed by atoms with E-state index in [1.54, 1.807) is 7.11 Å². The van der Waals surface area contributed by atoms with Gasteiger partial charge in [0.25, 0.3) is 0 Å². The van der Waals surface area contributed by atoms with Gasteiger partial charge < -0.3 is 25.1 Å². The predicted octanol–water partition coefficient (Wildman–Crippen LogP) is 6.68. The van der Waals surface area contributed by atoms with Gasteiger partial charge in [0.2, 0.25) is 5.91 Å². The second kappa shape index (κ2) is 13.2. The summed E-state index contributed by atoms with van der Waals surface area (Å²) in [4.78, 5) is 14.6. The lowest BCUT2D eigenvalue weighted by Crippen LogP contribution is -2.34. The molecule has 2 N–H and O–H groups in total. The highest BCUT2D eigenvalue weighted by Gasteiger charge is 2.23. The van der Waals surface area contributed by atoms with Gasteiger partial charge >= 0.3 is 0 Å². The lowest BCUT2D eigenvalue weighted by molar-refractivity contribution is -0.118. The van der Waals surface area contributed by atoms with E-state index in [0.717, 1.165) is 55.7 Å². The molecule has 1 saturated heterocycles. The monoisotopic (exact) mass is 513 g/mol. The van der Waals surface area contributed by atoms with Crippen LogP contribution >= 0.6 is 0 Å². The molecule has 1 heterocycles. The van der Waals surface area contributed by atoms with Gasteiger partial charge in [-0.3, -0.25) is 4.79 Å². The van der Waals surface area contributed by atoms with E-state index < -0.39 is 0 Å². The molecule has 0 spiro atoms. The highest BCUT2D eigenvalue weighted by atomic mass is 16.5. The number of methoxy groups -OCH3 is 1. The fourth-order valence-electron chi connectivity index (χ4n) is 4.93. The fraction of sp³-hybridized carbons (Fsp3) is 0.375. The van der Waals surface area contributed by atoms with Crippen LogP contribution in [-0.2, 0) is 4.79 Å². The van der Waals surface area contributed by atoms with Crippen molar-refractivity contribution in [2.24, 2.45) is 5.92 Å². The number of amides is 1. The molecule has 6 heteroatoms. The summed E-state index contributed by atoms with van der Waals surface area (Å²) in [5.41, 5.74) is 4.11. The van der Waals surface area contributed by atoms with Gasteiger partial charge in [0, 0.05) is 30.8 Å². The molecule has 1 atom stereocenters. The SMILES string of the molecule is COc1cc(C=N)ccc1O[C@@H](CCN1CCC(c2cccc(NC(=O)C(C)C)c2)CC1)c1ccccc1. The molecule has 0 unspecified atom stereocenters. The number of rotatable bonds is 11. The van der Waals surface area contributed by atoms with E-state index in [9.17, 15) is 4.79 Å². The van der Waals surface area contributed by atoms with Gasteiger partial charge in [-0.25, -0.2) is 0 Å².